The fourth-order valence-corrected chi connectivity index (χ4v) is 3.55. The van der Waals surface area contributed by atoms with Gasteiger partial charge in [-0.25, -0.2) is 0 Å². The van der Waals surface area contributed by atoms with Gasteiger partial charge < -0.3 is 9.80 Å². The van der Waals surface area contributed by atoms with Gasteiger partial charge in [0.1, 0.15) is 0 Å². The van der Waals surface area contributed by atoms with Crippen LogP contribution >= 0.6 is 11.6 Å². The van der Waals surface area contributed by atoms with Gasteiger partial charge in [0, 0.05) is 19.6 Å². The van der Waals surface area contributed by atoms with Crippen LogP contribution < -0.4 is 9.80 Å². The summed E-state index contributed by atoms with van der Waals surface area (Å²) in [6.45, 7) is 2.82. The molecule has 1 heterocycles. The second-order valence-corrected chi connectivity index (χ2v) is 6.41. The summed E-state index contributed by atoms with van der Waals surface area (Å²) in [5.74, 6) is 0. The molecule has 0 bridgehead atoms. The van der Waals surface area contributed by atoms with Gasteiger partial charge in [0.05, 0.1) is 22.1 Å². The van der Waals surface area contributed by atoms with E-state index in [0.29, 0.717) is 0 Å². The zero-order valence-corrected chi connectivity index (χ0v) is 14.2. The van der Waals surface area contributed by atoms with Gasteiger partial charge in [-0.05, 0) is 29.8 Å². The molecule has 0 aromatic heterocycles. The van der Waals surface area contributed by atoms with Crippen LogP contribution in [0.4, 0.5) is 17.1 Å². The second-order valence-electron chi connectivity index (χ2n) is 6.00. The lowest BCUT2D eigenvalue weighted by molar-refractivity contribution is 0.750. The normalized spacial score (nSPS) is 13.7. The van der Waals surface area contributed by atoms with Crippen LogP contribution in [-0.2, 0) is 6.54 Å². The van der Waals surface area contributed by atoms with E-state index in [1.165, 1.54) is 16.9 Å². The average molecular weight is 335 g/mol. The molecule has 3 aromatic rings. The SMILES string of the molecule is Clc1ccccc1N1CCN(Cc2ccccc2)c2ccccc21. The van der Waals surface area contributed by atoms with E-state index in [9.17, 15) is 0 Å². The lowest BCUT2D eigenvalue weighted by Gasteiger charge is -2.39. The Morgan fingerprint density at radius 1 is 0.667 bits per heavy atom. The number of halogens is 1. The monoisotopic (exact) mass is 334 g/mol. The molecule has 2 nitrogen and oxygen atoms in total. The number of nitrogens with zero attached hydrogens (tertiary/aromatic N) is 2. The Kier molecular flexibility index (Phi) is 4.14. The van der Waals surface area contributed by atoms with Crippen molar-refractivity contribution in [2.75, 3.05) is 22.9 Å². The molecule has 0 fully saturated rings. The number of hydrogen-bond acceptors (Lipinski definition) is 2. The summed E-state index contributed by atoms with van der Waals surface area (Å²) in [5.41, 5.74) is 4.88. The minimum atomic E-state index is 0.795. The molecule has 0 amide bonds. The highest BCUT2D eigenvalue weighted by Gasteiger charge is 2.24. The van der Waals surface area contributed by atoms with E-state index in [4.69, 9.17) is 11.6 Å². The molecule has 0 aliphatic carbocycles. The minimum absolute atomic E-state index is 0.795. The number of fused-ring (bicyclic) bond motifs is 1. The maximum atomic E-state index is 6.43. The molecule has 0 atom stereocenters. The highest BCUT2D eigenvalue weighted by atomic mass is 35.5. The van der Waals surface area contributed by atoms with E-state index in [0.717, 1.165) is 30.3 Å². The summed E-state index contributed by atoms with van der Waals surface area (Å²) in [4.78, 5) is 4.76. The van der Waals surface area contributed by atoms with Gasteiger partial charge in [0.15, 0.2) is 0 Å². The van der Waals surface area contributed by atoms with Crippen LogP contribution in [0.25, 0.3) is 0 Å². The van der Waals surface area contributed by atoms with Crippen molar-refractivity contribution in [2.45, 2.75) is 6.54 Å². The molecule has 0 spiro atoms. The van der Waals surface area contributed by atoms with E-state index in [-0.39, 0.29) is 0 Å². The van der Waals surface area contributed by atoms with Crippen LogP contribution in [0.3, 0.4) is 0 Å². The second kappa shape index (κ2) is 6.58. The number of rotatable bonds is 3. The maximum Gasteiger partial charge on any atom is 0.0649 e. The molecule has 4 rings (SSSR count). The smallest absolute Gasteiger partial charge is 0.0649 e. The Labute approximate surface area is 147 Å². The van der Waals surface area contributed by atoms with Crippen LogP contribution in [0.1, 0.15) is 5.56 Å². The van der Waals surface area contributed by atoms with Crippen LogP contribution in [0.2, 0.25) is 5.02 Å². The first-order chi connectivity index (χ1) is 11.8. The molecule has 1 aliphatic rings. The molecule has 3 aromatic carbocycles. The molecule has 0 radical (unpaired) electrons. The third-order valence-electron chi connectivity index (χ3n) is 4.47. The van der Waals surface area contributed by atoms with Crippen LogP contribution in [0.5, 0.6) is 0 Å². The molecule has 0 N–H and O–H groups in total. The minimum Gasteiger partial charge on any atom is -0.364 e. The standard InChI is InChI=1S/C21H19ClN2/c22-18-10-4-5-11-19(18)24-15-14-23(16-17-8-2-1-3-9-17)20-12-6-7-13-21(20)24/h1-13H,14-16H2. The fourth-order valence-electron chi connectivity index (χ4n) is 3.31. The van der Waals surface area contributed by atoms with Crippen molar-refractivity contribution < 1.29 is 0 Å². The van der Waals surface area contributed by atoms with E-state index in [1.807, 2.05) is 18.2 Å². The summed E-state index contributed by atoms with van der Waals surface area (Å²) < 4.78 is 0. The van der Waals surface area contributed by atoms with Crippen molar-refractivity contribution in [3.8, 4) is 0 Å². The lowest BCUT2D eigenvalue weighted by Crippen LogP contribution is -2.38. The number of para-hydroxylation sites is 3. The van der Waals surface area contributed by atoms with Crippen molar-refractivity contribution in [3.05, 3.63) is 89.4 Å². The number of anilines is 3. The quantitative estimate of drug-likeness (QED) is 0.624. The first-order valence-electron chi connectivity index (χ1n) is 8.23. The number of benzene rings is 3. The predicted molar refractivity (Wildman–Crippen MR) is 102 cm³/mol. The number of hydrogen-bond donors (Lipinski definition) is 0. The Morgan fingerprint density at radius 3 is 2.04 bits per heavy atom. The van der Waals surface area contributed by atoms with Crippen molar-refractivity contribution in [2.24, 2.45) is 0 Å². The largest absolute Gasteiger partial charge is 0.364 e. The van der Waals surface area contributed by atoms with Crippen molar-refractivity contribution in [1.29, 1.82) is 0 Å². The van der Waals surface area contributed by atoms with E-state index < -0.39 is 0 Å². The third kappa shape index (κ3) is 2.85. The molecule has 24 heavy (non-hydrogen) atoms. The van der Waals surface area contributed by atoms with Crippen LogP contribution in [0, 0.1) is 0 Å². The highest BCUT2D eigenvalue weighted by molar-refractivity contribution is 6.33. The summed E-state index contributed by atoms with van der Waals surface area (Å²) in [7, 11) is 0. The molecular weight excluding hydrogens is 316 g/mol. The van der Waals surface area contributed by atoms with Gasteiger partial charge in [0.2, 0.25) is 0 Å². The topological polar surface area (TPSA) is 6.48 Å². The Hall–Kier alpha value is -2.45. The molecular formula is C21H19ClN2. The molecule has 0 saturated heterocycles. The lowest BCUT2D eigenvalue weighted by atomic mass is 10.1. The van der Waals surface area contributed by atoms with Gasteiger partial charge in [0.25, 0.3) is 0 Å². The summed E-state index contributed by atoms with van der Waals surface area (Å²) in [5, 5.41) is 0.795. The van der Waals surface area contributed by atoms with Crippen LogP contribution in [-0.4, -0.2) is 13.1 Å². The molecule has 120 valence electrons. The first-order valence-corrected chi connectivity index (χ1v) is 8.61. The van der Waals surface area contributed by atoms with Gasteiger partial charge in [-0.3, -0.25) is 0 Å². The summed E-state index contributed by atoms with van der Waals surface area (Å²) in [6.07, 6.45) is 0. The molecule has 1 aliphatic heterocycles. The Bertz CT molecular complexity index is 832. The zero-order chi connectivity index (χ0) is 16.4. The molecule has 3 heteroatoms. The maximum absolute atomic E-state index is 6.43. The van der Waals surface area contributed by atoms with Gasteiger partial charge >= 0.3 is 0 Å². The first kappa shape index (κ1) is 15.1. The summed E-state index contributed by atoms with van der Waals surface area (Å²) in [6, 6.07) is 27.3. The van der Waals surface area contributed by atoms with Crippen molar-refractivity contribution in [1.82, 2.24) is 0 Å². The van der Waals surface area contributed by atoms with Crippen molar-refractivity contribution >= 4 is 28.7 Å². The predicted octanol–water partition coefficient (Wildman–Crippen LogP) is 5.50. The highest BCUT2D eigenvalue weighted by Crippen LogP contribution is 2.40. The van der Waals surface area contributed by atoms with E-state index >= 15 is 0 Å². The third-order valence-corrected chi connectivity index (χ3v) is 4.79. The van der Waals surface area contributed by atoms with Crippen molar-refractivity contribution in [3.63, 3.8) is 0 Å². The van der Waals surface area contributed by atoms with Gasteiger partial charge in [-0.1, -0.05) is 66.2 Å². The molecule has 0 unspecified atom stereocenters. The average Bonchev–Trinajstić information content (AvgIpc) is 2.64. The Morgan fingerprint density at radius 2 is 1.29 bits per heavy atom. The van der Waals surface area contributed by atoms with Gasteiger partial charge in [-0.15, -0.1) is 0 Å². The van der Waals surface area contributed by atoms with Gasteiger partial charge in [-0.2, -0.15) is 0 Å². The summed E-state index contributed by atoms with van der Waals surface area (Å²) >= 11 is 6.43. The Balaban J connectivity index is 1.70. The van der Waals surface area contributed by atoms with E-state index in [2.05, 4.69) is 70.5 Å². The zero-order valence-electron chi connectivity index (χ0n) is 13.4. The van der Waals surface area contributed by atoms with E-state index in [1.54, 1.807) is 0 Å². The van der Waals surface area contributed by atoms with Crippen LogP contribution in [0.15, 0.2) is 78.9 Å². The molecule has 0 saturated carbocycles. The fraction of sp³-hybridized carbons (Fsp3) is 0.143.